The number of hydrogen-bond acceptors (Lipinski definition) is 3. The molecule has 1 aliphatic carbocycles. The quantitative estimate of drug-likeness (QED) is 0.523. The molecule has 7 heteroatoms. The number of nitro benzene ring substituents is 1. The lowest BCUT2D eigenvalue weighted by atomic mass is 9.99. The molecule has 0 heterocycles. The Labute approximate surface area is 112 Å². The van der Waals surface area contributed by atoms with Crippen LogP contribution in [0, 0.1) is 10.1 Å². The van der Waals surface area contributed by atoms with E-state index in [4.69, 9.17) is 16.7 Å². The molecule has 0 aromatic heterocycles. The van der Waals surface area contributed by atoms with Crippen molar-refractivity contribution in [3.8, 4) is 0 Å². The van der Waals surface area contributed by atoms with Crippen molar-refractivity contribution in [2.75, 3.05) is 0 Å². The predicted molar refractivity (Wildman–Crippen MR) is 66.8 cm³/mol. The molecule has 0 saturated heterocycles. The van der Waals surface area contributed by atoms with Crippen LogP contribution < -0.4 is 0 Å². The van der Waals surface area contributed by atoms with Crippen LogP contribution in [-0.2, 0) is 4.79 Å². The van der Waals surface area contributed by atoms with Crippen molar-refractivity contribution in [2.45, 2.75) is 18.5 Å². The number of aliphatic carboxylic acids is 1. The van der Waals surface area contributed by atoms with Crippen molar-refractivity contribution >= 4 is 28.8 Å². The number of hydrogen-bond donors (Lipinski definition) is 1. The lowest BCUT2D eigenvalue weighted by molar-refractivity contribution is -0.384. The fourth-order valence-electron chi connectivity index (χ4n) is 1.79. The monoisotopic (exact) mass is 285 g/mol. The van der Waals surface area contributed by atoms with E-state index in [2.05, 4.69) is 0 Å². The van der Waals surface area contributed by atoms with Crippen LogP contribution in [0.15, 0.2) is 24.3 Å². The summed E-state index contributed by atoms with van der Waals surface area (Å²) in [4.78, 5) is 20.8. The topological polar surface area (TPSA) is 80.4 Å². The van der Waals surface area contributed by atoms with Gasteiger partial charge in [-0.15, -0.1) is 0 Å². The second-order valence-corrected chi connectivity index (χ2v) is 4.69. The Morgan fingerprint density at radius 3 is 2.63 bits per heavy atom. The third kappa shape index (κ3) is 2.73. The summed E-state index contributed by atoms with van der Waals surface area (Å²) >= 11 is 5.66. The van der Waals surface area contributed by atoms with E-state index in [0.29, 0.717) is 0 Å². The average molecular weight is 286 g/mol. The number of carbonyl (C=O) groups is 1. The van der Waals surface area contributed by atoms with Crippen molar-refractivity contribution in [1.29, 1.82) is 0 Å². The first-order chi connectivity index (χ1) is 8.83. The lowest BCUT2D eigenvalue weighted by Gasteiger charge is -2.11. The van der Waals surface area contributed by atoms with Gasteiger partial charge in [0.25, 0.3) is 5.69 Å². The van der Waals surface area contributed by atoms with Gasteiger partial charge in [-0.3, -0.25) is 10.1 Å². The van der Waals surface area contributed by atoms with Gasteiger partial charge in [0.1, 0.15) is 10.7 Å². The Bertz CT molecular complexity index is 595. The molecule has 0 spiro atoms. The van der Waals surface area contributed by atoms with Crippen molar-refractivity contribution in [3.05, 3.63) is 45.0 Å². The highest BCUT2D eigenvalue weighted by molar-refractivity contribution is 6.32. The van der Waals surface area contributed by atoms with Crippen LogP contribution in [0.3, 0.4) is 0 Å². The largest absolute Gasteiger partial charge is 0.478 e. The molecule has 100 valence electrons. The minimum absolute atomic E-state index is 0.0558. The molecule has 1 N–H and O–H groups in total. The smallest absolute Gasteiger partial charge is 0.328 e. The Hall–Kier alpha value is -1.95. The molecule has 5 nitrogen and oxygen atoms in total. The van der Waals surface area contributed by atoms with Crippen molar-refractivity contribution in [2.24, 2.45) is 0 Å². The second kappa shape index (κ2) is 4.62. The first-order valence-corrected chi connectivity index (χ1v) is 5.79. The standard InChI is InChI=1S/C12H9ClFNO4/c13-9-2-1-7(5-10(9)15(18)19)8(6-11(16)17)12(14)3-4-12/h1-2,5-6H,3-4H2,(H,16,17). The first-order valence-electron chi connectivity index (χ1n) is 5.42. The zero-order chi connectivity index (χ0) is 14.2. The predicted octanol–water partition coefficient (Wildman–Crippen LogP) is 3.22. The normalized spacial score (nSPS) is 17.1. The SMILES string of the molecule is O=C(O)C=C(c1ccc(Cl)c([N+](=O)[O-])c1)C1(F)CC1. The van der Waals surface area contributed by atoms with E-state index >= 15 is 0 Å². The summed E-state index contributed by atoms with van der Waals surface area (Å²) in [6.07, 6.45) is 1.17. The van der Waals surface area contributed by atoms with E-state index < -0.39 is 16.6 Å². The van der Waals surface area contributed by atoms with E-state index in [1.54, 1.807) is 0 Å². The maximum absolute atomic E-state index is 14.1. The zero-order valence-electron chi connectivity index (χ0n) is 9.60. The van der Waals surface area contributed by atoms with Gasteiger partial charge in [0.05, 0.1) is 4.92 Å². The van der Waals surface area contributed by atoms with Crippen LogP contribution in [0.1, 0.15) is 18.4 Å². The number of benzene rings is 1. The third-order valence-corrected chi connectivity index (χ3v) is 3.21. The van der Waals surface area contributed by atoms with Crippen LogP contribution >= 0.6 is 11.6 Å². The van der Waals surface area contributed by atoms with Crippen molar-refractivity contribution in [3.63, 3.8) is 0 Å². The van der Waals surface area contributed by atoms with Crippen molar-refractivity contribution in [1.82, 2.24) is 0 Å². The molecule has 1 aromatic carbocycles. The molecule has 1 aliphatic rings. The fraction of sp³-hybridized carbons (Fsp3) is 0.250. The van der Waals surface area contributed by atoms with E-state index in [1.165, 1.54) is 12.1 Å². The van der Waals surface area contributed by atoms with Crippen LogP contribution in [-0.4, -0.2) is 21.7 Å². The summed E-state index contributed by atoms with van der Waals surface area (Å²) in [6, 6.07) is 3.73. The summed E-state index contributed by atoms with van der Waals surface area (Å²) in [5.74, 6) is -1.29. The molecular weight excluding hydrogens is 277 g/mol. The van der Waals surface area contributed by atoms with E-state index in [-0.39, 0.29) is 34.7 Å². The number of carboxylic acids is 1. The Morgan fingerprint density at radius 2 is 2.16 bits per heavy atom. The summed E-state index contributed by atoms with van der Waals surface area (Å²) in [5.41, 5.74) is -1.97. The van der Waals surface area contributed by atoms with Crippen LogP contribution in [0.4, 0.5) is 10.1 Å². The zero-order valence-corrected chi connectivity index (χ0v) is 10.4. The second-order valence-electron chi connectivity index (χ2n) is 4.28. The highest BCUT2D eigenvalue weighted by atomic mass is 35.5. The number of rotatable bonds is 4. The van der Waals surface area contributed by atoms with Gasteiger partial charge < -0.3 is 5.11 Å². The highest BCUT2D eigenvalue weighted by Crippen LogP contribution is 2.50. The molecule has 0 atom stereocenters. The number of alkyl halides is 1. The van der Waals surface area contributed by atoms with Gasteiger partial charge in [0.15, 0.2) is 0 Å². The first kappa shape index (κ1) is 13.5. The fourth-order valence-corrected chi connectivity index (χ4v) is 1.98. The van der Waals surface area contributed by atoms with Gasteiger partial charge in [-0.05, 0) is 24.5 Å². The summed E-state index contributed by atoms with van der Waals surface area (Å²) in [6.45, 7) is 0. The number of allylic oxidation sites excluding steroid dienone is 1. The number of nitrogens with zero attached hydrogens (tertiary/aromatic N) is 1. The molecule has 0 radical (unpaired) electrons. The third-order valence-electron chi connectivity index (χ3n) is 2.89. The molecule has 1 fully saturated rings. The number of nitro groups is 1. The maximum atomic E-state index is 14.1. The minimum atomic E-state index is -1.71. The summed E-state index contributed by atoms with van der Waals surface area (Å²) < 4.78 is 14.1. The molecule has 2 rings (SSSR count). The van der Waals surface area contributed by atoms with Gasteiger partial charge in [0.2, 0.25) is 0 Å². The number of halogens is 2. The van der Waals surface area contributed by atoms with Gasteiger partial charge in [-0.1, -0.05) is 17.7 Å². The Balaban J connectivity index is 2.52. The highest BCUT2D eigenvalue weighted by Gasteiger charge is 2.47. The molecular formula is C12H9ClFNO4. The number of carboxylic acid groups (broad SMARTS) is 1. The molecule has 0 amide bonds. The Kier molecular flexibility index (Phi) is 3.28. The van der Waals surface area contributed by atoms with Gasteiger partial charge in [-0.2, -0.15) is 0 Å². The molecule has 0 aliphatic heterocycles. The minimum Gasteiger partial charge on any atom is -0.478 e. The molecule has 19 heavy (non-hydrogen) atoms. The van der Waals surface area contributed by atoms with Crippen LogP contribution in [0.2, 0.25) is 5.02 Å². The maximum Gasteiger partial charge on any atom is 0.328 e. The van der Waals surface area contributed by atoms with Crippen molar-refractivity contribution < 1.29 is 19.2 Å². The summed E-state index contributed by atoms with van der Waals surface area (Å²) in [7, 11) is 0. The lowest BCUT2D eigenvalue weighted by Crippen LogP contribution is -2.07. The van der Waals surface area contributed by atoms with Gasteiger partial charge in [-0.25, -0.2) is 9.18 Å². The summed E-state index contributed by atoms with van der Waals surface area (Å²) in [5, 5.41) is 19.5. The molecule has 0 bridgehead atoms. The van der Waals surface area contributed by atoms with Gasteiger partial charge in [0, 0.05) is 17.7 Å². The van der Waals surface area contributed by atoms with Gasteiger partial charge >= 0.3 is 5.97 Å². The Morgan fingerprint density at radius 1 is 1.53 bits per heavy atom. The van der Waals surface area contributed by atoms with Crippen LogP contribution in [0.25, 0.3) is 5.57 Å². The van der Waals surface area contributed by atoms with E-state index in [9.17, 15) is 19.3 Å². The van der Waals surface area contributed by atoms with Crippen LogP contribution in [0.5, 0.6) is 0 Å². The molecule has 1 aromatic rings. The van der Waals surface area contributed by atoms with E-state index in [1.807, 2.05) is 0 Å². The molecule has 1 saturated carbocycles. The van der Waals surface area contributed by atoms with E-state index in [0.717, 1.165) is 12.1 Å². The molecule has 0 unspecified atom stereocenters. The average Bonchev–Trinajstić information content (AvgIpc) is 3.06.